The van der Waals surface area contributed by atoms with Gasteiger partial charge in [0.15, 0.2) is 0 Å². The van der Waals surface area contributed by atoms with Crippen molar-refractivity contribution in [1.29, 1.82) is 0 Å². The van der Waals surface area contributed by atoms with Gasteiger partial charge in [0.25, 0.3) is 0 Å². The molecule has 1 unspecified atom stereocenters. The topological polar surface area (TPSA) is 57.5 Å². The Labute approximate surface area is 65.3 Å². The largest absolute Gasteiger partial charge is 0.481 e. The molecule has 3 heteroatoms. The number of aliphatic hydroxyl groups excluding tert-OH is 1. The van der Waals surface area contributed by atoms with E-state index in [1.807, 2.05) is 6.92 Å². The van der Waals surface area contributed by atoms with Gasteiger partial charge >= 0.3 is 5.97 Å². The van der Waals surface area contributed by atoms with E-state index < -0.39 is 18.0 Å². The second-order valence-electron chi connectivity index (χ2n) is 2.79. The Hall–Kier alpha value is -0.830. The normalized spacial score (nSPS) is 30.2. The van der Waals surface area contributed by atoms with Gasteiger partial charge in [-0.1, -0.05) is 18.6 Å². The highest BCUT2D eigenvalue weighted by Crippen LogP contribution is 2.28. The zero-order valence-corrected chi connectivity index (χ0v) is 6.45. The summed E-state index contributed by atoms with van der Waals surface area (Å²) in [5.41, 5.74) is 0.852. The molecule has 0 spiro atoms. The van der Waals surface area contributed by atoms with E-state index in [1.165, 1.54) is 0 Å². The Balaban J connectivity index is 2.71. The molecular formula is C8H12O3. The average molecular weight is 156 g/mol. The zero-order chi connectivity index (χ0) is 8.43. The molecule has 0 saturated carbocycles. The Bertz CT molecular complexity index is 196. The maximum atomic E-state index is 10.6. The van der Waals surface area contributed by atoms with Crippen LogP contribution in [0.1, 0.15) is 19.8 Å². The lowest BCUT2D eigenvalue weighted by atomic mass is 10.00. The molecule has 1 rings (SSSR count). The summed E-state index contributed by atoms with van der Waals surface area (Å²) >= 11 is 0. The van der Waals surface area contributed by atoms with Crippen LogP contribution in [0.4, 0.5) is 0 Å². The lowest BCUT2D eigenvalue weighted by Gasteiger charge is -2.06. The average Bonchev–Trinajstić information content (AvgIpc) is 2.30. The van der Waals surface area contributed by atoms with Crippen LogP contribution in [0.3, 0.4) is 0 Å². The third kappa shape index (κ3) is 1.60. The summed E-state index contributed by atoms with van der Waals surface area (Å²) in [6.45, 7) is 1.90. The summed E-state index contributed by atoms with van der Waals surface area (Å²) in [7, 11) is 0. The van der Waals surface area contributed by atoms with Crippen molar-refractivity contribution in [2.75, 3.05) is 0 Å². The van der Waals surface area contributed by atoms with Crippen LogP contribution in [0, 0.1) is 5.92 Å². The molecule has 0 aromatic rings. The molecule has 1 aliphatic rings. The van der Waals surface area contributed by atoms with Gasteiger partial charge in [-0.05, 0) is 12.8 Å². The van der Waals surface area contributed by atoms with Crippen LogP contribution in [-0.4, -0.2) is 22.3 Å². The summed E-state index contributed by atoms with van der Waals surface area (Å²) in [4.78, 5) is 10.6. The molecule has 2 atom stereocenters. The molecule has 0 bridgehead atoms. The molecule has 2 N–H and O–H groups in total. The summed E-state index contributed by atoms with van der Waals surface area (Å²) in [6.07, 6.45) is 2.16. The molecule has 0 aliphatic heterocycles. The van der Waals surface area contributed by atoms with E-state index in [2.05, 4.69) is 0 Å². The minimum atomic E-state index is -0.824. The fourth-order valence-electron chi connectivity index (χ4n) is 1.45. The van der Waals surface area contributed by atoms with Gasteiger partial charge in [-0.2, -0.15) is 0 Å². The Kier molecular flexibility index (Phi) is 2.29. The molecule has 62 valence electrons. The molecule has 0 saturated heterocycles. The van der Waals surface area contributed by atoms with Gasteiger partial charge in [0, 0.05) is 0 Å². The van der Waals surface area contributed by atoms with Crippen molar-refractivity contribution in [3.63, 3.8) is 0 Å². The minimum absolute atomic E-state index is 0.346. The second kappa shape index (κ2) is 3.05. The van der Waals surface area contributed by atoms with Crippen LogP contribution in [0.2, 0.25) is 0 Å². The molecule has 11 heavy (non-hydrogen) atoms. The third-order valence-electron chi connectivity index (χ3n) is 2.04. The van der Waals surface area contributed by atoms with Gasteiger partial charge in [-0.25, -0.2) is 0 Å². The molecule has 0 radical (unpaired) electrons. The minimum Gasteiger partial charge on any atom is -0.481 e. The van der Waals surface area contributed by atoms with Crippen molar-refractivity contribution in [3.8, 4) is 0 Å². The summed E-state index contributed by atoms with van der Waals surface area (Å²) < 4.78 is 0. The van der Waals surface area contributed by atoms with Gasteiger partial charge in [0.05, 0.1) is 12.0 Å². The standard InChI is InChI=1S/C8H12O3/c1-2-5-3-6(9)4-7(5)8(10)11/h3,6-7,9H,2,4H2,1H3,(H,10,11)/t6-,7?/m1/s1. The van der Waals surface area contributed by atoms with Crippen LogP contribution in [0.5, 0.6) is 0 Å². The second-order valence-corrected chi connectivity index (χ2v) is 2.79. The quantitative estimate of drug-likeness (QED) is 0.581. The Morgan fingerprint density at radius 1 is 1.82 bits per heavy atom. The molecule has 0 aromatic carbocycles. The molecule has 0 heterocycles. The van der Waals surface area contributed by atoms with E-state index in [4.69, 9.17) is 10.2 Å². The van der Waals surface area contributed by atoms with Crippen molar-refractivity contribution in [2.45, 2.75) is 25.9 Å². The molecule has 1 aliphatic carbocycles. The molecule has 0 aromatic heterocycles. The highest BCUT2D eigenvalue weighted by Gasteiger charge is 2.29. The van der Waals surface area contributed by atoms with Crippen molar-refractivity contribution in [2.24, 2.45) is 5.92 Å². The number of hydrogen-bond donors (Lipinski definition) is 2. The lowest BCUT2D eigenvalue weighted by Crippen LogP contribution is -2.14. The maximum Gasteiger partial charge on any atom is 0.310 e. The predicted octanol–water partition coefficient (Wildman–Crippen LogP) is 0.788. The lowest BCUT2D eigenvalue weighted by molar-refractivity contribution is -0.140. The van der Waals surface area contributed by atoms with Gasteiger partial charge < -0.3 is 10.2 Å². The zero-order valence-electron chi connectivity index (χ0n) is 6.45. The van der Waals surface area contributed by atoms with E-state index in [9.17, 15) is 4.79 Å². The smallest absolute Gasteiger partial charge is 0.310 e. The van der Waals surface area contributed by atoms with Crippen LogP contribution in [-0.2, 0) is 4.79 Å². The van der Waals surface area contributed by atoms with Gasteiger partial charge in [-0.3, -0.25) is 4.79 Å². The van der Waals surface area contributed by atoms with Gasteiger partial charge in [0.2, 0.25) is 0 Å². The van der Waals surface area contributed by atoms with E-state index in [1.54, 1.807) is 6.08 Å². The summed E-state index contributed by atoms with van der Waals surface area (Å²) in [6, 6.07) is 0. The number of aliphatic hydroxyl groups is 1. The third-order valence-corrected chi connectivity index (χ3v) is 2.04. The van der Waals surface area contributed by atoms with Crippen LogP contribution < -0.4 is 0 Å². The predicted molar refractivity (Wildman–Crippen MR) is 40.1 cm³/mol. The number of carboxylic acids is 1. The Morgan fingerprint density at radius 2 is 2.45 bits per heavy atom. The van der Waals surface area contributed by atoms with Crippen LogP contribution >= 0.6 is 0 Å². The number of carbonyl (C=O) groups is 1. The van der Waals surface area contributed by atoms with Crippen LogP contribution in [0.15, 0.2) is 11.6 Å². The fraction of sp³-hybridized carbons (Fsp3) is 0.625. The first-order valence-corrected chi connectivity index (χ1v) is 3.76. The van der Waals surface area contributed by atoms with E-state index >= 15 is 0 Å². The van der Waals surface area contributed by atoms with E-state index in [0.717, 1.165) is 5.57 Å². The number of hydrogen-bond acceptors (Lipinski definition) is 2. The van der Waals surface area contributed by atoms with E-state index in [0.29, 0.717) is 12.8 Å². The molecule has 0 fully saturated rings. The van der Waals surface area contributed by atoms with Gasteiger partial charge in [0.1, 0.15) is 0 Å². The van der Waals surface area contributed by atoms with Crippen molar-refractivity contribution in [1.82, 2.24) is 0 Å². The fourth-order valence-corrected chi connectivity index (χ4v) is 1.45. The highest BCUT2D eigenvalue weighted by molar-refractivity contribution is 5.74. The maximum absolute atomic E-state index is 10.6. The highest BCUT2D eigenvalue weighted by atomic mass is 16.4. The first-order chi connectivity index (χ1) is 5.15. The van der Waals surface area contributed by atoms with Crippen molar-refractivity contribution >= 4 is 5.97 Å². The molecule has 0 amide bonds. The van der Waals surface area contributed by atoms with Crippen molar-refractivity contribution in [3.05, 3.63) is 11.6 Å². The SMILES string of the molecule is CCC1=C[C@@H](O)CC1C(=O)O. The molecular weight excluding hydrogens is 144 g/mol. The number of aliphatic carboxylic acids is 1. The summed E-state index contributed by atoms with van der Waals surface area (Å²) in [5.74, 6) is -1.27. The van der Waals surface area contributed by atoms with Crippen molar-refractivity contribution < 1.29 is 15.0 Å². The molecule has 3 nitrogen and oxygen atoms in total. The van der Waals surface area contributed by atoms with Gasteiger partial charge in [-0.15, -0.1) is 0 Å². The monoisotopic (exact) mass is 156 g/mol. The van der Waals surface area contributed by atoms with E-state index in [-0.39, 0.29) is 0 Å². The summed E-state index contributed by atoms with van der Waals surface area (Å²) in [5, 5.41) is 17.8. The van der Waals surface area contributed by atoms with Crippen LogP contribution in [0.25, 0.3) is 0 Å². The number of rotatable bonds is 2. The first kappa shape index (κ1) is 8.27. The first-order valence-electron chi connectivity index (χ1n) is 3.76. The number of carboxylic acid groups (broad SMARTS) is 1. The Morgan fingerprint density at radius 3 is 2.82 bits per heavy atom.